The molecule has 0 heterocycles. The van der Waals surface area contributed by atoms with Crippen molar-refractivity contribution in [1.82, 2.24) is 4.31 Å². The number of sulfonamides is 1. The molecule has 6 heteroatoms. The lowest BCUT2D eigenvalue weighted by molar-refractivity contribution is 0.353. The molecule has 0 aliphatic rings. The number of halogens is 2. The predicted octanol–water partition coefficient (Wildman–Crippen LogP) is 3.01. The highest BCUT2D eigenvalue weighted by Crippen LogP contribution is 2.21. The molecule has 3 nitrogen and oxygen atoms in total. The third-order valence-corrected chi connectivity index (χ3v) is 5.18. The molecule has 1 aromatic carbocycles. The van der Waals surface area contributed by atoms with Gasteiger partial charge in [0, 0.05) is 17.9 Å². The zero-order valence-corrected chi connectivity index (χ0v) is 12.8. The second kappa shape index (κ2) is 6.63. The summed E-state index contributed by atoms with van der Waals surface area (Å²) < 4.78 is 39.7. The van der Waals surface area contributed by atoms with Gasteiger partial charge in [-0.1, -0.05) is 28.1 Å². The molecular weight excluding hydrogens is 321 g/mol. The summed E-state index contributed by atoms with van der Waals surface area (Å²) in [6.07, 6.45) is 0.686. The van der Waals surface area contributed by atoms with Crippen molar-refractivity contribution >= 4 is 26.0 Å². The van der Waals surface area contributed by atoms with E-state index in [1.165, 1.54) is 22.5 Å². The molecule has 0 bridgehead atoms. The lowest BCUT2D eigenvalue weighted by Gasteiger charge is -2.25. The lowest BCUT2D eigenvalue weighted by Crippen LogP contribution is -2.38. The van der Waals surface area contributed by atoms with Crippen molar-refractivity contribution in [2.24, 2.45) is 0 Å². The lowest BCUT2D eigenvalue weighted by atomic mass is 10.3. The van der Waals surface area contributed by atoms with Crippen LogP contribution in [0.3, 0.4) is 0 Å². The first-order valence-electron chi connectivity index (χ1n) is 5.73. The Morgan fingerprint density at radius 1 is 1.33 bits per heavy atom. The molecule has 0 spiro atoms. The fourth-order valence-electron chi connectivity index (χ4n) is 1.65. The Kier molecular flexibility index (Phi) is 5.75. The Morgan fingerprint density at radius 3 is 2.44 bits per heavy atom. The fourth-order valence-corrected chi connectivity index (χ4v) is 3.64. The van der Waals surface area contributed by atoms with Gasteiger partial charge in [-0.25, -0.2) is 12.8 Å². The molecule has 1 rings (SSSR count). The first-order chi connectivity index (χ1) is 8.41. The quantitative estimate of drug-likeness (QED) is 0.748. The number of benzene rings is 1. The molecule has 0 fully saturated rings. The zero-order valence-electron chi connectivity index (χ0n) is 10.4. The maximum Gasteiger partial charge on any atom is 0.246 e. The van der Waals surface area contributed by atoms with Gasteiger partial charge in [-0.15, -0.1) is 0 Å². The molecular formula is C12H17BrFNO2S. The summed E-state index contributed by atoms with van der Waals surface area (Å²) in [6, 6.07) is 5.27. The normalized spacial score (nSPS) is 12.3. The molecule has 0 saturated heterocycles. The molecule has 0 aromatic heterocycles. The molecule has 0 atom stereocenters. The van der Waals surface area contributed by atoms with Gasteiger partial charge in [0.1, 0.15) is 10.7 Å². The van der Waals surface area contributed by atoms with E-state index in [4.69, 9.17) is 0 Å². The average Bonchev–Trinajstić information content (AvgIpc) is 2.29. The Labute approximate surface area is 116 Å². The van der Waals surface area contributed by atoms with E-state index in [1.807, 2.05) is 0 Å². The SMILES string of the molecule is CC(C)N(CCCBr)S(=O)(=O)c1ccccc1F. The highest BCUT2D eigenvalue weighted by molar-refractivity contribution is 9.09. The number of alkyl halides is 1. The van der Waals surface area contributed by atoms with Gasteiger partial charge in [0.25, 0.3) is 0 Å². The summed E-state index contributed by atoms with van der Waals surface area (Å²) in [7, 11) is -3.77. The molecule has 0 saturated carbocycles. The summed E-state index contributed by atoms with van der Waals surface area (Å²) in [5.74, 6) is -0.706. The highest BCUT2D eigenvalue weighted by atomic mass is 79.9. The van der Waals surface area contributed by atoms with Crippen LogP contribution in [-0.4, -0.2) is 30.6 Å². The van der Waals surface area contributed by atoms with E-state index in [0.29, 0.717) is 18.3 Å². The van der Waals surface area contributed by atoms with Gasteiger partial charge in [0.05, 0.1) is 0 Å². The molecule has 18 heavy (non-hydrogen) atoms. The fraction of sp³-hybridized carbons (Fsp3) is 0.500. The van der Waals surface area contributed by atoms with Crippen molar-refractivity contribution < 1.29 is 12.8 Å². The summed E-state index contributed by atoms with van der Waals surface area (Å²) in [5, 5.41) is 0.711. The third-order valence-electron chi connectivity index (χ3n) is 2.51. The minimum atomic E-state index is -3.77. The van der Waals surface area contributed by atoms with Crippen LogP contribution in [0.25, 0.3) is 0 Å². The standard InChI is InChI=1S/C12H17BrFNO2S/c1-10(2)15(9-5-8-13)18(16,17)12-7-4-3-6-11(12)14/h3-4,6-7,10H,5,8-9H2,1-2H3. The Balaban J connectivity index is 3.14. The minimum absolute atomic E-state index is 0.200. The second-order valence-corrected chi connectivity index (χ2v) is 6.83. The van der Waals surface area contributed by atoms with Crippen LogP contribution >= 0.6 is 15.9 Å². The first-order valence-corrected chi connectivity index (χ1v) is 8.29. The van der Waals surface area contributed by atoms with E-state index in [-0.39, 0.29) is 10.9 Å². The largest absolute Gasteiger partial charge is 0.246 e. The van der Waals surface area contributed by atoms with Gasteiger partial charge in [-0.05, 0) is 32.4 Å². The zero-order chi connectivity index (χ0) is 13.8. The van der Waals surface area contributed by atoms with Crippen LogP contribution in [-0.2, 0) is 10.0 Å². The monoisotopic (exact) mass is 337 g/mol. The maximum atomic E-state index is 13.6. The Hall–Kier alpha value is -0.460. The summed E-state index contributed by atoms with van der Waals surface area (Å²) in [6.45, 7) is 3.94. The van der Waals surface area contributed by atoms with Crippen molar-refractivity contribution in [3.05, 3.63) is 30.1 Å². The predicted molar refractivity (Wildman–Crippen MR) is 73.8 cm³/mol. The van der Waals surface area contributed by atoms with E-state index in [1.54, 1.807) is 13.8 Å². The highest BCUT2D eigenvalue weighted by Gasteiger charge is 2.28. The smallest absolute Gasteiger partial charge is 0.207 e. The van der Waals surface area contributed by atoms with E-state index in [9.17, 15) is 12.8 Å². The Bertz CT molecular complexity index is 491. The van der Waals surface area contributed by atoms with E-state index >= 15 is 0 Å². The number of nitrogens with zero attached hydrogens (tertiary/aromatic N) is 1. The minimum Gasteiger partial charge on any atom is -0.207 e. The second-order valence-electron chi connectivity index (χ2n) is 4.18. The molecule has 0 amide bonds. The first kappa shape index (κ1) is 15.6. The van der Waals surface area contributed by atoms with Crippen molar-refractivity contribution in [1.29, 1.82) is 0 Å². The van der Waals surface area contributed by atoms with Crippen LogP contribution in [0.5, 0.6) is 0 Å². The average molecular weight is 338 g/mol. The summed E-state index contributed by atoms with van der Waals surface area (Å²) >= 11 is 3.27. The molecule has 0 N–H and O–H groups in total. The van der Waals surface area contributed by atoms with Gasteiger partial charge in [0.2, 0.25) is 10.0 Å². The Morgan fingerprint density at radius 2 is 1.94 bits per heavy atom. The molecule has 102 valence electrons. The van der Waals surface area contributed by atoms with Crippen LogP contribution in [0, 0.1) is 5.82 Å². The molecule has 0 unspecified atom stereocenters. The summed E-state index contributed by atoms with van der Waals surface area (Å²) in [4.78, 5) is -0.256. The van der Waals surface area contributed by atoms with Crippen molar-refractivity contribution in [2.75, 3.05) is 11.9 Å². The molecule has 0 aliphatic heterocycles. The molecule has 0 aliphatic carbocycles. The van der Waals surface area contributed by atoms with Gasteiger partial charge in [-0.2, -0.15) is 4.31 Å². The van der Waals surface area contributed by atoms with Gasteiger partial charge in [-0.3, -0.25) is 0 Å². The van der Waals surface area contributed by atoms with E-state index < -0.39 is 15.8 Å². The topological polar surface area (TPSA) is 37.4 Å². The van der Waals surface area contributed by atoms with Crippen molar-refractivity contribution in [3.8, 4) is 0 Å². The van der Waals surface area contributed by atoms with E-state index in [0.717, 1.165) is 6.07 Å². The summed E-state index contributed by atoms with van der Waals surface area (Å²) in [5.41, 5.74) is 0. The number of rotatable bonds is 6. The van der Waals surface area contributed by atoms with Crippen molar-refractivity contribution in [2.45, 2.75) is 31.2 Å². The van der Waals surface area contributed by atoms with Crippen LogP contribution < -0.4 is 0 Å². The molecule has 1 aromatic rings. The van der Waals surface area contributed by atoms with Crippen LogP contribution in [0.4, 0.5) is 4.39 Å². The molecule has 0 radical (unpaired) electrons. The number of hydrogen-bond acceptors (Lipinski definition) is 2. The number of hydrogen-bond donors (Lipinski definition) is 0. The third kappa shape index (κ3) is 3.52. The van der Waals surface area contributed by atoms with Gasteiger partial charge < -0.3 is 0 Å². The van der Waals surface area contributed by atoms with Gasteiger partial charge in [0.15, 0.2) is 0 Å². The maximum absolute atomic E-state index is 13.6. The van der Waals surface area contributed by atoms with Gasteiger partial charge >= 0.3 is 0 Å². The van der Waals surface area contributed by atoms with Crippen LogP contribution in [0.1, 0.15) is 20.3 Å². The van der Waals surface area contributed by atoms with Crippen molar-refractivity contribution in [3.63, 3.8) is 0 Å². The van der Waals surface area contributed by atoms with Crippen LogP contribution in [0.15, 0.2) is 29.2 Å². The van der Waals surface area contributed by atoms with Crippen LogP contribution in [0.2, 0.25) is 0 Å². The van der Waals surface area contributed by atoms with E-state index in [2.05, 4.69) is 15.9 Å².